The average Bonchev–Trinajstić information content (AvgIpc) is 3.29. The number of aromatic nitrogens is 1. The predicted molar refractivity (Wildman–Crippen MR) is 109 cm³/mol. The molecule has 2 unspecified atom stereocenters. The van der Waals surface area contributed by atoms with Gasteiger partial charge < -0.3 is 5.32 Å². The van der Waals surface area contributed by atoms with E-state index in [2.05, 4.69) is 38.2 Å². The first kappa shape index (κ1) is 19.5. The standard InChI is InChI=1S/C22H26N6O/c23-13-16-3-5-18(6-4-16)22(29)25-14-17-7-10-28(11-8-17)21-12-20(26-27-21)19-2-1-9-24-15-19/h1-6,9,15,17,20-21,26-27H,7-8,10-12,14H2,(H,25,29). The van der Waals surface area contributed by atoms with Gasteiger partial charge in [-0.05, 0) is 74.2 Å². The summed E-state index contributed by atoms with van der Waals surface area (Å²) in [5, 5.41) is 11.9. The second-order valence-electron chi connectivity index (χ2n) is 7.76. The van der Waals surface area contributed by atoms with Gasteiger partial charge in [-0.25, -0.2) is 10.9 Å². The number of nitrogens with zero attached hydrogens (tertiary/aromatic N) is 3. The molecule has 150 valence electrons. The number of pyridine rings is 1. The lowest BCUT2D eigenvalue weighted by Gasteiger charge is -2.35. The first-order valence-corrected chi connectivity index (χ1v) is 10.2. The summed E-state index contributed by atoms with van der Waals surface area (Å²) < 4.78 is 0. The highest BCUT2D eigenvalue weighted by Gasteiger charge is 2.32. The van der Waals surface area contributed by atoms with E-state index in [9.17, 15) is 4.79 Å². The van der Waals surface area contributed by atoms with Crippen LogP contribution in [0.15, 0.2) is 48.8 Å². The first-order valence-electron chi connectivity index (χ1n) is 10.2. The van der Waals surface area contributed by atoms with Crippen molar-refractivity contribution in [2.24, 2.45) is 5.92 Å². The van der Waals surface area contributed by atoms with Gasteiger partial charge in [0.2, 0.25) is 0 Å². The van der Waals surface area contributed by atoms with Gasteiger partial charge >= 0.3 is 0 Å². The monoisotopic (exact) mass is 390 g/mol. The van der Waals surface area contributed by atoms with Crippen molar-refractivity contribution in [3.63, 3.8) is 0 Å². The van der Waals surface area contributed by atoms with Crippen molar-refractivity contribution in [3.8, 4) is 6.07 Å². The van der Waals surface area contributed by atoms with Crippen molar-refractivity contribution < 1.29 is 4.79 Å². The number of carbonyl (C=O) groups excluding carboxylic acids is 1. The van der Waals surface area contributed by atoms with Gasteiger partial charge in [0.1, 0.15) is 0 Å². The molecule has 1 aromatic carbocycles. The molecular weight excluding hydrogens is 364 g/mol. The third kappa shape index (κ3) is 4.80. The van der Waals surface area contributed by atoms with Gasteiger partial charge in [-0.1, -0.05) is 6.07 Å². The zero-order valence-electron chi connectivity index (χ0n) is 16.3. The Labute approximate surface area is 171 Å². The van der Waals surface area contributed by atoms with Crippen LogP contribution in [-0.2, 0) is 0 Å². The van der Waals surface area contributed by atoms with Crippen LogP contribution in [-0.4, -0.2) is 41.6 Å². The van der Waals surface area contributed by atoms with E-state index in [1.165, 1.54) is 5.56 Å². The van der Waals surface area contributed by atoms with E-state index in [1.807, 2.05) is 12.3 Å². The molecule has 0 aliphatic carbocycles. The van der Waals surface area contributed by atoms with Crippen LogP contribution in [0, 0.1) is 17.2 Å². The second kappa shape index (κ2) is 9.14. The zero-order chi connectivity index (χ0) is 20.1. The van der Waals surface area contributed by atoms with Crippen molar-refractivity contribution in [1.82, 2.24) is 26.1 Å². The van der Waals surface area contributed by atoms with Crippen molar-refractivity contribution >= 4 is 5.91 Å². The van der Waals surface area contributed by atoms with Gasteiger partial charge in [0.15, 0.2) is 0 Å². The molecule has 0 bridgehead atoms. The van der Waals surface area contributed by atoms with E-state index >= 15 is 0 Å². The van der Waals surface area contributed by atoms with Gasteiger partial charge in [-0.15, -0.1) is 0 Å². The molecule has 2 aromatic rings. The third-order valence-electron chi connectivity index (χ3n) is 5.89. The maximum Gasteiger partial charge on any atom is 0.251 e. The fraction of sp³-hybridized carbons (Fsp3) is 0.409. The maximum atomic E-state index is 12.3. The summed E-state index contributed by atoms with van der Waals surface area (Å²) in [5.74, 6) is 0.426. The van der Waals surface area contributed by atoms with Crippen molar-refractivity contribution in [2.75, 3.05) is 19.6 Å². The van der Waals surface area contributed by atoms with Crippen LogP contribution in [0.1, 0.15) is 46.8 Å². The van der Waals surface area contributed by atoms with Crippen LogP contribution in [0.2, 0.25) is 0 Å². The van der Waals surface area contributed by atoms with E-state index in [1.54, 1.807) is 30.5 Å². The second-order valence-corrected chi connectivity index (χ2v) is 7.76. The van der Waals surface area contributed by atoms with Gasteiger partial charge in [0.05, 0.1) is 23.8 Å². The predicted octanol–water partition coefficient (Wildman–Crippen LogP) is 1.96. The number of likely N-dealkylation sites (tertiary alicyclic amines) is 1. The fourth-order valence-electron chi connectivity index (χ4n) is 4.08. The Morgan fingerprint density at radius 1 is 1.21 bits per heavy atom. The molecular formula is C22H26N6O. The van der Waals surface area contributed by atoms with Crippen molar-refractivity contribution in [1.29, 1.82) is 5.26 Å². The van der Waals surface area contributed by atoms with Gasteiger partial charge in [-0.3, -0.25) is 14.7 Å². The van der Waals surface area contributed by atoms with Crippen LogP contribution < -0.4 is 16.2 Å². The number of hydrogen-bond donors (Lipinski definition) is 3. The largest absolute Gasteiger partial charge is 0.352 e. The Morgan fingerprint density at radius 3 is 2.69 bits per heavy atom. The van der Waals surface area contributed by atoms with Crippen LogP contribution in [0.25, 0.3) is 0 Å². The zero-order valence-corrected chi connectivity index (χ0v) is 16.3. The highest BCUT2D eigenvalue weighted by molar-refractivity contribution is 5.94. The Bertz CT molecular complexity index is 855. The summed E-state index contributed by atoms with van der Waals surface area (Å²) in [6.07, 6.45) is 7.21. The minimum absolute atomic E-state index is 0.0714. The molecule has 2 saturated heterocycles. The lowest BCUT2D eigenvalue weighted by Crippen LogP contribution is -2.49. The molecule has 2 aliphatic rings. The molecule has 0 saturated carbocycles. The molecule has 29 heavy (non-hydrogen) atoms. The van der Waals surface area contributed by atoms with E-state index in [0.29, 0.717) is 29.8 Å². The molecule has 0 spiro atoms. The SMILES string of the molecule is N#Cc1ccc(C(=O)NCC2CCN(C3CC(c4cccnc4)NN3)CC2)cc1. The lowest BCUT2D eigenvalue weighted by molar-refractivity contribution is 0.0914. The number of nitrogens with one attached hydrogen (secondary N) is 3. The van der Waals surface area contributed by atoms with Crippen LogP contribution in [0.5, 0.6) is 0 Å². The Balaban J connectivity index is 1.21. The van der Waals surface area contributed by atoms with Crippen LogP contribution in [0.4, 0.5) is 0 Å². The first-order chi connectivity index (χ1) is 14.2. The number of hydrazine groups is 1. The number of rotatable bonds is 5. The molecule has 2 aliphatic heterocycles. The molecule has 7 nitrogen and oxygen atoms in total. The fourth-order valence-corrected chi connectivity index (χ4v) is 4.08. The minimum Gasteiger partial charge on any atom is -0.352 e. The van der Waals surface area contributed by atoms with Crippen molar-refractivity contribution in [3.05, 3.63) is 65.5 Å². The molecule has 0 radical (unpaired) electrons. The highest BCUT2D eigenvalue weighted by atomic mass is 16.1. The molecule has 3 heterocycles. The molecule has 2 fully saturated rings. The summed E-state index contributed by atoms with van der Waals surface area (Å²) in [4.78, 5) is 19.0. The van der Waals surface area contributed by atoms with E-state index in [0.717, 1.165) is 32.4 Å². The molecule has 1 aromatic heterocycles. The molecule has 4 rings (SSSR count). The molecule has 2 atom stereocenters. The summed E-state index contributed by atoms with van der Waals surface area (Å²) in [7, 11) is 0. The molecule has 1 amide bonds. The number of amides is 1. The third-order valence-corrected chi connectivity index (χ3v) is 5.89. The highest BCUT2D eigenvalue weighted by Crippen LogP contribution is 2.26. The lowest BCUT2D eigenvalue weighted by atomic mass is 9.95. The number of hydrogen-bond acceptors (Lipinski definition) is 6. The number of piperidine rings is 1. The summed E-state index contributed by atoms with van der Waals surface area (Å²) in [5.41, 5.74) is 9.19. The summed E-state index contributed by atoms with van der Waals surface area (Å²) >= 11 is 0. The van der Waals surface area contributed by atoms with Crippen LogP contribution in [0.3, 0.4) is 0 Å². The summed E-state index contributed by atoms with van der Waals surface area (Å²) in [6.45, 7) is 2.74. The number of benzene rings is 1. The maximum absolute atomic E-state index is 12.3. The number of nitriles is 1. The Hall–Kier alpha value is -2.79. The number of carbonyl (C=O) groups is 1. The normalized spacial score (nSPS) is 22.9. The van der Waals surface area contributed by atoms with Gasteiger partial charge in [0.25, 0.3) is 5.91 Å². The van der Waals surface area contributed by atoms with Gasteiger partial charge in [0, 0.05) is 24.5 Å². The minimum atomic E-state index is -0.0714. The van der Waals surface area contributed by atoms with Crippen molar-refractivity contribution in [2.45, 2.75) is 31.5 Å². The Kier molecular flexibility index (Phi) is 6.15. The smallest absolute Gasteiger partial charge is 0.251 e. The quantitative estimate of drug-likeness (QED) is 0.723. The Morgan fingerprint density at radius 2 is 2.00 bits per heavy atom. The topological polar surface area (TPSA) is 93.1 Å². The van der Waals surface area contributed by atoms with E-state index in [-0.39, 0.29) is 11.9 Å². The van der Waals surface area contributed by atoms with E-state index in [4.69, 9.17) is 5.26 Å². The summed E-state index contributed by atoms with van der Waals surface area (Å²) in [6, 6.07) is 13.2. The average molecular weight is 390 g/mol. The van der Waals surface area contributed by atoms with Crippen LogP contribution >= 0.6 is 0 Å². The molecule has 3 N–H and O–H groups in total. The van der Waals surface area contributed by atoms with E-state index < -0.39 is 0 Å². The molecule has 7 heteroatoms. The van der Waals surface area contributed by atoms with Gasteiger partial charge in [-0.2, -0.15) is 5.26 Å².